The first-order chi connectivity index (χ1) is 15.6. The topological polar surface area (TPSA) is 72.9 Å². The number of anilines is 2. The number of amides is 1. The Labute approximate surface area is 201 Å². The molecule has 0 unspecified atom stereocenters. The molecule has 33 heavy (non-hydrogen) atoms. The smallest absolute Gasteiger partial charge is 0.255 e. The molecule has 172 valence electrons. The van der Waals surface area contributed by atoms with Crippen molar-refractivity contribution in [3.63, 3.8) is 0 Å². The summed E-state index contributed by atoms with van der Waals surface area (Å²) in [7, 11) is 0. The molecule has 4 rings (SSSR count). The standard InChI is InChI=1S/C27H30N4O.ClH/c1-2-3-5-8-21-11-13-22(14-12-21)26(32)29-23-15-16-25-24(19-23)30-27(28)31(25)18-17-20-9-6-4-7-10-20;/h4,6-7,9-16,19H,2-3,5,8,17-18H2,1H3,(H2,28,30)(H,29,32);1H. The van der Waals surface area contributed by atoms with Gasteiger partial charge in [-0.1, -0.05) is 62.2 Å². The Balaban J connectivity index is 0.00000306. The molecule has 5 nitrogen and oxygen atoms in total. The lowest BCUT2D eigenvalue weighted by molar-refractivity contribution is 0.102. The molecule has 0 atom stereocenters. The van der Waals surface area contributed by atoms with Crippen LogP contribution in [0.2, 0.25) is 0 Å². The molecule has 0 fully saturated rings. The zero-order valence-electron chi connectivity index (χ0n) is 19.0. The number of imidazole rings is 1. The molecule has 1 heterocycles. The number of aryl methyl sites for hydroxylation is 3. The van der Waals surface area contributed by atoms with Gasteiger partial charge in [0, 0.05) is 17.8 Å². The number of halogens is 1. The average Bonchev–Trinajstić information content (AvgIpc) is 3.13. The quantitative estimate of drug-likeness (QED) is 0.288. The molecule has 0 aliphatic heterocycles. The molecular weight excluding hydrogens is 432 g/mol. The molecule has 0 radical (unpaired) electrons. The van der Waals surface area contributed by atoms with Crippen molar-refractivity contribution in [3.05, 3.63) is 89.5 Å². The van der Waals surface area contributed by atoms with E-state index in [4.69, 9.17) is 5.73 Å². The summed E-state index contributed by atoms with van der Waals surface area (Å²) >= 11 is 0. The summed E-state index contributed by atoms with van der Waals surface area (Å²) in [6, 6.07) is 23.9. The van der Waals surface area contributed by atoms with Gasteiger partial charge in [-0.05, 0) is 60.7 Å². The fourth-order valence-corrected chi connectivity index (χ4v) is 3.95. The number of hydrogen-bond donors (Lipinski definition) is 2. The molecule has 6 heteroatoms. The van der Waals surface area contributed by atoms with Gasteiger partial charge in [0.1, 0.15) is 0 Å². The van der Waals surface area contributed by atoms with Gasteiger partial charge >= 0.3 is 0 Å². The number of nitrogens with zero attached hydrogens (tertiary/aromatic N) is 2. The van der Waals surface area contributed by atoms with Crippen molar-refractivity contribution in [1.29, 1.82) is 0 Å². The number of carbonyl (C=O) groups excluding carboxylic acids is 1. The summed E-state index contributed by atoms with van der Waals surface area (Å²) in [5, 5.41) is 2.98. The zero-order chi connectivity index (χ0) is 22.3. The summed E-state index contributed by atoms with van der Waals surface area (Å²) in [5.74, 6) is 0.360. The first-order valence-electron chi connectivity index (χ1n) is 11.3. The SMILES string of the molecule is CCCCCc1ccc(C(=O)Nc2ccc3c(c2)nc(N)n3CCc2ccccc2)cc1.Cl. The van der Waals surface area contributed by atoms with Crippen molar-refractivity contribution < 1.29 is 4.79 Å². The summed E-state index contributed by atoms with van der Waals surface area (Å²) in [5.41, 5.74) is 11.8. The minimum Gasteiger partial charge on any atom is -0.369 e. The highest BCUT2D eigenvalue weighted by Gasteiger charge is 2.11. The molecule has 0 aliphatic carbocycles. The van der Waals surface area contributed by atoms with E-state index in [1.165, 1.54) is 30.4 Å². The minimum absolute atomic E-state index is 0. The minimum atomic E-state index is -0.124. The second kappa shape index (κ2) is 11.5. The summed E-state index contributed by atoms with van der Waals surface area (Å²) in [6.07, 6.45) is 5.56. The Bertz CT molecular complexity index is 1190. The molecule has 3 N–H and O–H groups in total. The zero-order valence-corrected chi connectivity index (χ0v) is 19.8. The van der Waals surface area contributed by atoms with Gasteiger partial charge in [-0.3, -0.25) is 4.79 Å². The lowest BCUT2D eigenvalue weighted by Gasteiger charge is -2.08. The number of unbranched alkanes of at least 4 members (excludes halogenated alkanes) is 2. The highest BCUT2D eigenvalue weighted by molar-refractivity contribution is 6.05. The maximum absolute atomic E-state index is 12.7. The average molecular weight is 463 g/mol. The molecule has 3 aromatic carbocycles. The van der Waals surface area contributed by atoms with Crippen LogP contribution in [-0.2, 0) is 19.4 Å². The Morgan fingerprint density at radius 1 is 0.939 bits per heavy atom. The van der Waals surface area contributed by atoms with Crippen molar-refractivity contribution in [2.45, 2.75) is 45.6 Å². The van der Waals surface area contributed by atoms with E-state index in [0.29, 0.717) is 17.2 Å². The van der Waals surface area contributed by atoms with Crippen LogP contribution in [0.1, 0.15) is 47.7 Å². The third kappa shape index (κ3) is 6.14. The number of carbonyl (C=O) groups is 1. The van der Waals surface area contributed by atoms with Gasteiger partial charge in [-0.2, -0.15) is 0 Å². The molecule has 1 amide bonds. The van der Waals surface area contributed by atoms with Crippen molar-refractivity contribution in [2.24, 2.45) is 0 Å². The van der Waals surface area contributed by atoms with Crippen LogP contribution in [0.3, 0.4) is 0 Å². The van der Waals surface area contributed by atoms with Gasteiger partial charge < -0.3 is 15.6 Å². The first kappa shape index (κ1) is 24.3. The van der Waals surface area contributed by atoms with Crippen LogP contribution in [0.25, 0.3) is 11.0 Å². The predicted octanol–water partition coefficient (Wildman–Crippen LogP) is 6.27. The summed E-state index contributed by atoms with van der Waals surface area (Å²) < 4.78 is 2.02. The Morgan fingerprint density at radius 2 is 1.67 bits per heavy atom. The van der Waals surface area contributed by atoms with E-state index < -0.39 is 0 Å². The Morgan fingerprint density at radius 3 is 2.39 bits per heavy atom. The van der Waals surface area contributed by atoms with Crippen molar-refractivity contribution in [1.82, 2.24) is 9.55 Å². The third-order valence-electron chi connectivity index (χ3n) is 5.79. The second-order valence-electron chi connectivity index (χ2n) is 8.17. The molecule has 0 aliphatic rings. The first-order valence-corrected chi connectivity index (χ1v) is 11.3. The van der Waals surface area contributed by atoms with E-state index in [1.54, 1.807) is 0 Å². The normalized spacial score (nSPS) is 10.7. The van der Waals surface area contributed by atoms with E-state index in [9.17, 15) is 4.79 Å². The van der Waals surface area contributed by atoms with Crippen LogP contribution >= 0.6 is 12.4 Å². The number of rotatable bonds is 9. The maximum Gasteiger partial charge on any atom is 0.255 e. The molecule has 0 saturated carbocycles. The molecule has 0 bridgehead atoms. The van der Waals surface area contributed by atoms with E-state index in [1.807, 2.05) is 65.2 Å². The van der Waals surface area contributed by atoms with Crippen LogP contribution < -0.4 is 11.1 Å². The Hall–Kier alpha value is -3.31. The summed E-state index contributed by atoms with van der Waals surface area (Å²) in [6.45, 7) is 2.96. The predicted molar refractivity (Wildman–Crippen MR) is 139 cm³/mol. The van der Waals surface area contributed by atoms with Crippen LogP contribution in [0, 0.1) is 0 Å². The van der Waals surface area contributed by atoms with Crippen LogP contribution in [-0.4, -0.2) is 15.5 Å². The van der Waals surface area contributed by atoms with E-state index in [-0.39, 0.29) is 18.3 Å². The van der Waals surface area contributed by atoms with E-state index in [2.05, 4.69) is 29.4 Å². The molecule has 4 aromatic rings. The largest absolute Gasteiger partial charge is 0.369 e. The van der Waals surface area contributed by atoms with Crippen LogP contribution in [0.15, 0.2) is 72.8 Å². The van der Waals surface area contributed by atoms with Gasteiger partial charge in [0.2, 0.25) is 5.95 Å². The number of benzene rings is 3. The number of nitrogens with one attached hydrogen (secondary N) is 1. The molecular formula is C27H31ClN4O. The molecule has 0 saturated heterocycles. The highest BCUT2D eigenvalue weighted by Crippen LogP contribution is 2.23. The lowest BCUT2D eigenvalue weighted by Crippen LogP contribution is -2.11. The van der Waals surface area contributed by atoms with Crippen molar-refractivity contribution >= 4 is 41.0 Å². The van der Waals surface area contributed by atoms with E-state index >= 15 is 0 Å². The number of hydrogen-bond acceptors (Lipinski definition) is 3. The third-order valence-corrected chi connectivity index (χ3v) is 5.79. The monoisotopic (exact) mass is 462 g/mol. The van der Waals surface area contributed by atoms with Crippen LogP contribution in [0.4, 0.5) is 11.6 Å². The number of aromatic nitrogens is 2. The van der Waals surface area contributed by atoms with Crippen LogP contribution in [0.5, 0.6) is 0 Å². The molecule has 0 spiro atoms. The number of nitrogens with two attached hydrogens (primary N) is 1. The fraction of sp³-hybridized carbons (Fsp3) is 0.259. The van der Waals surface area contributed by atoms with Crippen molar-refractivity contribution in [2.75, 3.05) is 11.1 Å². The van der Waals surface area contributed by atoms with Gasteiger partial charge in [0.15, 0.2) is 0 Å². The number of fused-ring (bicyclic) bond motifs is 1. The fourth-order valence-electron chi connectivity index (χ4n) is 3.95. The lowest BCUT2D eigenvalue weighted by atomic mass is 10.1. The van der Waals surface area contributed by atoms with Gasteiger partial charge in [-0.15, -0.1) is 12.4 Å². The van der Waals surface area contributed by atoms with Gasteiger partial charge in [0.25, 0.3) is 5.91 Å². The second-order valence-corrected chi connectivity index (χ2v) is 8.17. The van der Waals surface area contributed by atoms with E-state index in [0.717, 1.165) is 30.4 Å². The van der Waals surface area contributed by atoms with Crippen molar-refractivity contribution in [3.8, 4) is 0 Å². The van der Waals surface area contributed by atoms with Gasteiger partial charge in [-0.25, -0.2) is 4.98 Å². The molecule has 1 aromatic heterocycles. The number of nitrogen functional groups attached to an aromatic ring is 1. The highest BCUT2D eigenvalue weighted by atomic mass is 35.5. The Kier molecular flexibility index (Phi) is 8.50. The summed E-state index contributed by atoms with van der Waals surface area (Å²) in [4.78, 5) is 17.2. The van der Waals surface area contributed by atoms with Gasteiger partial charge in [0.05, 0.1) is 11.0 Å². The maximum atomic E-state index is 12.7.